The molecule has 1 aromatic carbocycles. The van der Waals surface area contributed by atoms with Crippen LogP contribution in [0.3, 0.4) is 0 Å². The predicted molar refractivity (Wildman–Crippen MR) is 120 cm³/mol. The van der Waals surface area contributed by atoms with Crippen LogP contribution in [0, 0.1) is 12.8 Å². The summed E-state index contributed by atoms with van der Waals surface area (Å²) < 4.78 is 11.2. The first-order valence-corrected chi connectivity index (χ1v) is 10.7. The molecule has 2 amide bonds. The highest BCUT2D eigenvalue weighted by molar-refractivity contribution is 5.97. The van der Waals surface area contributed by atoms with E-state index in [1.165, 1.54) is 12.8 Å². The first kappa shape index (κ1) is 22.8. The highest BCUT2D eigenvalue weighted by atomic mass is 16.6. The number of fused-ring (bicyclic) bond motifs is 1. The van der Waals surface area contributed by atoms with Gasteiger partial charge in [-0.05, 0) is 81.2 Å². The smallest absolute Gasteiger partial charge is 0.426 e. The third kappa shape index (κ3) is 6.09. The van der Waals surface area contributed by atoms with Gasteiger partial charge in [0, 0.05) is 5.39 Å². The summed E-state index contributed by atoms with van der Waals surface area (Å²) in [5, 5.41) is 0.954. The molecule has 0 bridgehead atoms. The topological polar surface area (TPSA) is 89.6 Å². The van der Waals surface area contributed by atoms with E-state index in [1.807, 2.05) is 19.1 Å². The third-order valence-corrected chi connectivity index (χ3v) is 4.99. The molecule has 7 nitrogen and oxygen atoms in total. The van der Waals surface area contributed by atoms with E-state index < -0.39 is 17.6 Å². The summed E-state index contributed by atoms with van der Waals surface area (Å²) in [4.78, 5) is 29.1. The molecule has 168 valence electrons. The Balaban J connectivity index is 1.89. The van der Waals surface area contributed by atoms with Crippen molar-refractivity contribution in [3.05, 3.63) is 35.0 Å². The molecule has 1 fully saturated rings. The Morgan fingerprint density at radius 3 is 2.32 bits per heavy atom. The molecule has 31 heavy (non-hydrogen) atoms. The number of pyridine rings is 1. The number of benzene rings is 1. The van der Waals surface area contributed by atoms with Crippen molar-refractivity contribution in [2.75, 3.05) is 6.61 Å². The fourth-order valence-electron chi connectivity index (χ4n) is 3.21. The number of hydrogen-bond donors (Lipinski definition) is 2. The van der Waals surface area contributed by atoms with E-state index in [1.54, 1.807) is 26.8 Å². The number of carbonyl (C=O) groups excluding carboxylic acids is 2. The zero-order chi connectivity index (χ0) is 23.0. The van der Waals surface area contributed by atoms with Gasteiger partial charge in [-0.3, -0.25) is 10.2 Å². The largest absolute Gasteiger partial charge is 0.493 e. The lowest BCUT2D eigenvalue weighted by Crippen LogP contribution is -2.44. The Bertz CT molecular complexity index is 999. The Morgan fingerprint density at radius 2 is 1.74 bits per heavy atom. The van der Waals surface area contributed by atoms with Gasteiger partial charge in [-0.1, -0.05) is 20.8 Å². The van der Waals surface area contributed by atoms with Crippen LogP contribution >= 0.6 is 0 Å². The van der Waals surface area contributed by atoms with Crippen molar-refractivity contribution in [1.82, 2.24) is 15.8 Å². The number of aryl methyl sites for hydroxylation is 1. The molecular formula is C24H33N3O4. The molecule has 1 aliphatic carbocycles. The molecule has 0 aliphatic heterocycles. The first-order chi connectivity index (χ1) is 14.3. The van der Waals surface area contributed by atoms with E-state index in [9.17, 15) is 9.59 Å². The number of ether oxygens (including phenoxy) is 2. The molecule has 0 radical (unpaired) electrons. The number of hydrogen-bond acceptors (Lipinski definition) is 5. The summed E-state index contributed by atoms with van der Waals surface area (Å²) >= 11 is 0. The minimum Gasteiger partial charge on any atom is -0.493 e. The summed E-state index contributed by atoms with van der Waals surface area (Å²) in [5.74, 6) is 0.986. The average molecular weight is 428 g/mol. The number of rotatable bonds is 4. The van der Waals surface area contributed by atoms with Gasteiger partial charge in [-0.15, -0.1) is 0 Å². The fourth-order valence-corrected chi connectivity index (χ4v) is 3.21. The number of nitrogens with zero attached hydrogens (tertiary/aromatic N) is 1. The van der Waals surface area contributed by atoms with Crippen molar-refractivity contribution in [1.29, 1.82) is 0 Å². The van der Waals surface area contributed by atoms with Gasteiger partial charge in [0.1, 0.15) is 17.0 Å². The van der Waals surface area contributed by atoms with Gasteiger partial charge in [-0.2, -0.15) is 0 Å². The lowest BCUT2D eigenvalue weighted by atomic mass is 9.84. The fraction of sp³-hybridized carbons (Fsp3) is 0.542. The molecule has 0 spiro atoms. The molecule has 0 atom stereocenters. The SMILES string of the molecule is Cc1cc(C(=O)NNC(=O)OC(C)(C)C)nc2c(C(C)(C)C)cc(OCC3CC3)cc12. The maximum absolute atomic E-state index is 12.7. The maximum Gasteiger partial charge on any atom is 0.426 e. The van der Waals surface area contributed by atoms with Crippen LogP contribution < -0.4 is 15.6 Å². The van der Waals surface area contributed by atoms with Crippen LogP contribution in [0.2, 0.25) is 0 Å². The van der Waals surface area contributed by atoms with Crippen LogP contribution in [0.4, 0.5) is 4.79 Å². The van der Waals surface area contributed by atoms with Crippen molar-refractivity contribution in [2.45, 2.75) is 72.3 Å². The molecule has 1 saturated carbocycles. The zero-order valence-corrected chi connectivity index (χ0v) is 19.5. The van der Waals surface area contributed by atoms with Gasteiger partial charge in [0.15, 0.2) is 0 Å². The van der Waals surface area contributed by atoms with Gasteiger partial charge >= 0.3 is 6.09 Å². The second-order valence-corrected chi connectivity index (χ2v) is 10.3. The third-order valence-electron chi connectivity index (χ3n) is 4.99. The second-order valence-electron chi connectivity index (χ2n) is 10.3. The summed E-state index contributed by atoms with van der Waals surface area (Å²) in [6.07, 6.45) is 1.73. The molecule has 1 heterocycles. The molecular weight excluding hydrogens is 394 g/mol. The summed E-state index contributed by atoms with van der Waals surface area (Å²) in [7, 11) is 0. The normalized spacial score (nSPS) is 14.3. The standard InChI is InChI=1S/C24H33N3O4/c1-14-10-19(21(28)26-27-22(29)31-24(5,6)7)25-20-17(14)11-16(30-13-15-8-9-15)12-18(20)23(2,3)4/h10-12,15H,8-9,13H2,1-7H3,(H,26,28)(H,27,29). The number of nitrogens with one attached hydrogen (secondary N) is 2. The summed E-state index contributed by atoms with van der Waals surface area (Å²) in [6, 6.07) is 5.74. The van der Waals surface area contributed by atoms with Crippen molar-refractivity contribution in [3.63, 3.8) is 0 Å². The van der Waals surface area contributed by atoms with E-state index >= 15 is 0 Å². The Labute approximate surface area is 183 Å². The number of amides is 2. The van der Waals surface area contributed by atoms with Gasteiger partial charge in [-0.25, -0.2) is 15.2 Å². The minimum absolute atomic E-state index is 0.194. The summed E-state index contributed by atoms with van der Waals surface area (Å²) in [6.45, 7) is 14.3. The van der Waals surface area contributed by atoms with E-state index in [2.05, 4.69) is 36.6 Å². The van der Waals surface area contributed by atoms with E-state index in [0.29, 0.717) is 5.92 Å². The maximum atomic E-state index is 12.7. The van der Waals surface area contributed by atoms with E-state index in [-0.39, 0.29) is 11.1 Å². The average Bonchev–Trinajstić information content (AvgIpc) is 3.46. The lowest BCUT2D eigenvalue weighted by molar-refractivity contribution is 0.0483. The Kier molecular flexibility index (Phi) is 6.16. The molecule has 7 heteroatoms. The first-order valence-electron chi connectivity index (χ1n) is 10.7. The highest BCUT2D eigenvalue weighted by Crippen LogP contribution is 2.36. The number of aromatic nitrogens is 1. The van der Waals surface area contributed by atoms with Crippen molar-refractivity contribution < 1.29 is 19.1 Å². The van der Waals surface area contributed by atoms with Crippen LogP contribution in [0.5, 0.6) is 5.75 Å². The summed E-state index contributed by atoms with van der Waals surface area (Å²) in [5.41, 5.74) is 6.69. The van der Waals surface area contributed by atoms with Crippen LogP contribution in [-0.4, -0.2) is 29.2 Å². The van der Waals surface area contributed by atoms with Crippen molar-refractivity contribution >= 4 is 22.9 Å². The van der Waals surface area contributed by atoms with Crippen LogP contribution in [-0.2, 0) is 10.2 Å². The second kappa shape index (κ2) is 8.36. The van der Waals surface area contributed by atoms with Gasteiger partial charge in [0.05, 0.1) is 12.1 Å². The van der Waals surface area contributed by atoms with Crippen molar-refractivity contribution in [3.8, 4) is 5.75 Å². The molecule has 2 aromatic rings. The molecule has 1 aliphatic rings. The van der Waals surface area contributed by atoms with Gasteiger partial charge in [0.25, 0.3) is 5.91 Å². The predicted octanol–water partition coefficient (Wildman–Crippen LogP) is 4.80. The van der Waals surface area contributed by atoms with Crippen molar-refractivity contribution in [2.24, 2.45) is 5.92 Å². The number of hydrazine groups is 1. The zero-order valence-electron chi connectivity index (χ0n) is 19.5. The molecule has 0 unspecified atom stereocenters. The molecule has 3 rings (SSSR count). The minimum atomic E-state index is -0.730. The van der Waals surface area contributed by atoms with Crippen LogP contribution in [0.25, 0.3) is 10.9 Å². The van der Waals surface area contributed by atoms with Gasteiger partial charge < -0.3 is 9.47 Å². The highest BCUT2D eigenvalue weighted by Gasteiger charge is 2.25. The van der Waals surface area contributed by atoms with E-state index in [4.69, 9.17) is 9.47 Å². The Hall–Kier alpha value is -2.83. The molecule has 0 saturated heterocycles. The molecule has 1 aromatic heterocycles. The van der Waals surface area contributed by atoms with Crippen LogP contribution in [0.1, 0.15) is 76.0 Å². The van der Waals surface area contributed by atoms with E-state index in [0.717, 1.165) is 34.4 Å². The number of carbonyl (C=O) groups is 2. The Morgan fingerprint density at radius 1 is 1.06 bits per heavy atom. The van der Waals surface area contributed by atoms with Gasteiger partial charge in [0.2, 0.25) is 0 Å². The lowest BCUT2D eigenvalue weighted by Gasteiger charge is -2.23. The molecule has 2 N–H and O–H groups in total. The quantitative estimate of drug-likeness (QED) is 0.684. The van der Waals surface area contributed by atoms with Crippen LogP contribution in [0.15, 0.2) is 18.2 Å². The monoisotopic (exact) mass is 427 g/mol.